The number of carbonyl (C=O) groups is 1. The molecule has 2 aliphatic rings. The van der Waals surface area contributed by atoms with E-state index in [1.165, 1.54) is 32.1 Å². The number of aliphatic hydroxyl groups excluding tert-OH is 1. The van der Waals surface area contributed by atoms with Crippen molar-refractivity contribution in [1.29, 1.82) is 0 Å². The van der Waals surface area contributed by atoms with E-state index in [4.69, 9.17) is 4.74 Å². The Morgan fingerprint density at radius 3 is 2.52 bits per heavy atom. The van der Waals surface area contributed by atoms with Crippen LogP contribution in [0.5, 0.6) is 5.75 Å². The number of ether oxygens (including phenoxy) is 1. The number of benzene rings is 1. The maximum absolute atomic E-state index is 13.4. The highest BCUT2D eigenvalue weighted by Crippen LogP contribution is 2.31. The van der Waals surface area contributed by atoms with Gasteiger partial charge in [0.2, 0.25) is 0 Å². The van der Waals surface area contributed by atoms with E-state index in [-0.39, 0.29) is 30.6 Å². The Kier molecular flexibility index (Phi) is 8.23. The molecule has 1 N–H and O–H groups in total. The third-order valence-electron chi connectivity index (χ3n) is 6.95. The molecule has 1 aromatic carbocycles. The predicted molar refractivity (Wildman–Crippen MR) is 126 cm³/mol. The highest BCUT2D eigenvalue weighted by atomic mass is 16.5. The number of nitrogens with zero attached hydrogens (tertiary/aromatic N) is 3. The minimum Gasteiger partial charge on any atom is -0.488 e. The number of hydrogen-bond donors (Lipinski definition) is 1. The Balaban J connectivity index is 1.84. The molecule has 0 saturated heterocycles. The van der Waals surface area contributed by atoms with E-state index in [0.29, 0.717) is 17.9 Å². The molecule has 3 rings (SSSR count). The number of aliphatic hydroxyl groups is 1. The molecule has 1 saturated carbocycles. The SMILES string of the molecule is C[C@@H]1CN([C@@H](C)CO)C(=O)c2cc(N(C)C)ccc2O[C@H]1CN(C)CC1CCCCC1. The summed E-state index contributed by atoms with van der Waals surface area (Å²) in [6.45, 7) is 6.54. The second-order valence-corrected chi connectivity index (χ2v) is 9.92. The first-order chi connectivity index (χ1) is 14.8. The van der Waals surface area contributed by atoms with Crippen molar-refractivity contribution < 1.29 is 14.6 Å². The number of anilines is 1. The molecule has 6 nitrogen and oxygen atoms in total. The molecule has 6 heteroatoms. The van der Waals surface area contributed by atoms with Gasteiger partial charge in [-0.3, -0.25) is 4.79 Å². The van der Waals surface area contributed by atoms with Gasteiger partial charge >= 0.3 is 0 Å². The third-order valence-corrected chi connectivity index (χ3v) is 6.95. The summed E-state index contributed by atoms with van der Waals surface area (Å²) in [5.41, 5.74) is 1.55. The smallest absolute Gasteiger partial charge is 0.258 e. The minimum atomic E-state index is -0.232. The molecule has 1 aliphatic heterocycles. The summed E-state index contributed by atoms with van der Waals surface area (Å²) < 4.78 is 6.51. The normalized spacial score (nSPS) is 23.7. The lowest BCUT2D eigenvalue weighted by Gasteiger charge is -2.39. The topological polar surface area (TPSA) is 56.3 Å². The molecular formula is C25H41N3O3. The number of fused-ring (bicyclic) bond motifs is 1. The monoisotopic (exact) mass is 431 g/mol. The minimum absolute atomic E-state index is 0.0148. The van der Waals surface area contributed by atoms with Crippen LogP contribution in [0.2, 0.25) is 0 Å². The van der Waals surface area contributed by atoms with Crippen LogP contribution in [0.4, 0.5) is 5.69 Å². The van der Waals surface area contributed by atoms with Gasteiger partial charge in [0.15, 0.2) is 0 Å². The highest BCUT2D eigenvalue weighted by Gasteiger charge is 2.33. The summed E-state index contributed by atoms with van der Waals surface area (Å²) >= 11 is 0. The Morgan fingerprint density at radius 2 is 1.87 bits per heavy atom. The fourth-order valence-corrected chi connectivity index (χ4v) is 4.90. The maximum Gasteiger partial charge on any atom is 0.258 e. The van der Waals surface area contributed by atoms with E-state index < -0.39 is 0 Å². The molecule has 0 unspecified atom stereocenters. The number of rotatable bonds is 7. The Hall–Kier alpha value is -1.79. The first-order valence-corrected chi connectivity index (χ1v) is 11.9. The summed E-state index contributed by atoms with van der Waals surface area (Å²) in [4.78, 5) is 19.6. The van der Waals surface area contributed by atoms with Gasteiger partial charge in [0, 0.05) is 45.3 Å². The fourth-order valence-electron chi connectivity index (χ4n) is 4.90. The standard InChI is InChI=1S/C25H41N3O3/c1-18-14-28(19(2)17-29)25(30)22-13-21(26(3)4)11-12-23(22)31-24(18)16-27(5)15-20-9-7-6-8-10-20/h11-13,18-20,24,29H,6-10,14-17H2,1-5H3/t18-,19+,24+/m1/s1. The van der Waals surface area contributed by atoms with Crippen molar-refractivity contribution in [3.63, 3.8) is 0 Å². The second-order valence-electron chi connectivity index (χ2n) is 9.92. The van der Waals surface area contributed by atoms with Gasteiger partial charge in [0.05, 0.1) is 18.2 Å². The lowest BCUT2D eigenvalue weighted by molar-refractivity contribution is 0.0330. The van der Waals surface area contributed by atoms with Crippen LogP contribution >= 0.6 is 0 Å². The summed E-state index contributed by atoms with van der Waals surface area (Å²) in [5, 5.41) is 9.80. The van der Waals surface area contributed by atoms with Crippen molar-refractivity contribution in [2.24, 2.45) is 11.8 Å². The van der Waals surface area contributed by atoms with Crippen molar-refractivity contribution in [3.8, 4) is 5.75 Å². The molecule has 1 fully saturated rings. The zero-order valence-electron chi connectivity index (χ0n) is 20.0. The predicted octanol–water partition coefficient (Wildman–Crippen LogP) is 3.48. The van der Waals surface area contributed by atoms with Gasteiger partial charge in [-0.05, 0) is 50.9 Å². The van der Waals surface area contributed by atoms with Crippen molar-refractivity contribution >= 4 is 11.6 Å². The zero-order chi connectivity index (χ0) is 22.5. The van der Waals surface area contributed by atoms with Crippen LogP contribution in [-0.2, 0) is 0 Å². The number of amides is 1. The quantitative estimate of drug-likeness (QED) is 0.716. The maximum atomic E-state index is 13.4. The van der Waals surface area contributed by atoms with Crippen molar-refractivity contribution in [2.45, 2.75) is 58.1 Å². The van der Waals surface area contributed by atoms with Crippen molar-refractivity contribution in [3.05, 3.63) is 23.8 Å². The van der Waals surface area contributed by atoms with E-state index in [9.17, 15) is 9.90 Å². The van der Waals surface area contributed by atoms with Crippen LogP contribution in [0.1, 0.15) is 56.3 Å². The van der Waals surface area contributed by atoms with E-state index in [0.717, 1.165) is 24.7 Å². The number of carbonyl (C=O) groups excluding carboxylic acids is 1. The summed E-state index contributed by atoms with van der Waals surface area (Å²) in [6, 6.07) is 5.61. The molecular weight excluding hydrogens is 390 g/mol. The van der Waals surface area contributed by atoms with Crippen LogP contribution in [0, 0.1) is 11.8 Å². The van der Waals surface area contributed by atoms with Crippen LogP contribution in [0.3, 0.4) is 0 Å². The van der Waals surface area contributed by atoms with Gasteiger partial charge in [-0.2, -0.15) is 0 Å². The zero-order valence-corrected chi connectivity index (χ0v) is 20.0. The molecule has 0 aromatic heterocycles. The first kappa shape index (κ1) is 23.9. The molecule has 1 heterocycles. The van der Waals surface area contributed by atoms with E-state index >= 15 is 0 Å². The fraction of sp³-hybridized carbons (Fsp3) is 0.720. The average molecular weight is 432 g/mol. The second kappa shape index (κ2) is 10.7. The molecule has 174 valence electrons. The van der Waals surface area contributed by atoms with Crippen LogP contribution in [-0.4, -0.2) is 80.3 Å². The molecule has 3 atom stereocenters. The third kappa shape index (κ3) is 5.92. The summed E-state index contributed by atoms with van der Waals surface area (Å²) in [7, 11) is 6.13. The van der Waals surface area contributed by atoms with Crippen molar-refractivity contribution in [2.75, 3.05) is 52.3 Å². The van der Waals surface area contributed by atoms with Gasteiger partial charge in [-0.15, -0.1) is 0 Å². The molecule has 0 bridgehead atoms. The molecule has 31 heavy (non-hydrogen) atoms. The van der Waals surface area contributed by atoms with Gasteiger partial charge in [-0.1, -0.05) is 26.2 Å². The molecule has 1 amide bonds. The molecule has 1 aromatic rings. The summed E-state index contributed by atoms with van der Waals surface area (Å²) in [6.07, 6.45) is 6.73. The molecule has 0 radical (unpaired) electrons. The van der Waals surface area contributed by atoms with E-state index in [1.807, 2.05) is 49.0 Å². The number of likely N-dealkylation sites (N-methyl/N-ethyl adjacent to an activating group) is 1. The van der Waals surface area contributed by atoms with Gasteiger partial charge in [0.1, 0.15) is 11.9 Å². The van der Waals surface area contributed by atoms with E-state index in [1.54, 1.807) is 0 Å². The number of hydrogen-bond acceptors (Lipinski definition) is 5. The lowest BCUT2D eigenvalue weighted by atomic mass is 9.89. The largest absolute Gasteiger partial charge is 0.488 e. The van der Waals surface area contributed by atoms with Gasteiger partial charge in [0.25, 0.3) is 5.91 Å². The van der Waals surface area contributed by atoms with Gasteiger partial charge in [-0.25, -0.2) is 0 Å². The van der Waals surface area contributed by atoms with E-state index in [2.05, 4.69) is 18.9 Å². The first-order valence-electron chi connectivity index (χ1n) is 11.9. The van der Waals surface area contributed by atoms with Crippen LogP contribution in [0.25, 0.3) is 0 Å². The molecule has 0 spiro atoms. The van der Waals surface area contributed by atoms with Crippen LogP contribution in [0.15, 0.2) is 18.2 Å². The van der Waals surface area contributed by atoms with Crippen molar-refractivity contribution in [1.82, 2.24) is 9.80 Å². The Bertz CT molecular complexity index is 733. The highest BCUT2D eigenvalue weighted by molar-refractivity contribution is 5.98. The van der Waals surface area contributed by atoms with Gasteiger partial charge < -0.3 is 24.5 Å². The summed E-state index contributed by atoms with van der Waals surface area (Å²) in [5.74, 6) is 1.52. The molecule has 1 aliphatic carbocycles. The Labute approximate surface area is 188 Å². The lowest BCUT2D eigenvalue weighted by Crippen LogP contribution is -2.50. The average Bonchev–Trinajstić information content (AvgIpc) is 2.75. The Morgan fingerprint density at radius 1 is 1.16 bits per heavy atom. The van der Waals surface area contributed by atoms with Crippen LogP contribution < -0.4 is 9.64 Å².